The fraction of sp³-hybridized carbons (Fsp3) is 0.355. The molecule has 0 bridgehead atoms. The number of nitrogens with one attached hydrogen (secondary N) is 1. The van der Waals surface area contributed by atoms with E-state index in [9.17, 15) is 22.4 Å². The molecule has 0 aliphatic rings. The van der Waals surface area contributed by atoms with E-state index in [0.29, 0.717) is 24.3 Å². The molecule has 0 fully saturated rings. The van der Waals surface area contributed by atoms with E-state index in [1.54, 1.807) is 37.3 Å². The number of halogens is 1. The molecule has 2 amide bonds. The van der Waals surface area contributed by atoms with E-state index in [1.165, 1.54) is 54.5 Å². The lowest BCUT2D eigenvalue weighted by atomic mass is 10.1. The first-order chi connectivity index (χ1) is 19.5. The quantitative estimate of drug-likeness (QED) is 0.308. The summed E-state index contributed by atoms with van der Waals surface area (Å²) < 4.78 is 47.8. The Bertz CT molecular complexity index is 1430. The van der Waals surface area contributed by atoms with Crippen molar-refractivity contribution < 1.29 is 27.1 Å². The molecule has 8 nitrogen and oxygen atoms in total. The zero-order valence-corrected chi connectivity index (χ0v) is 24.9. The highest BCUT2D eigenvalue weighted by molar-refractivity contribution is 7.92. The van der Waals surface area contributed by atoms with Crippen molar-refractivity contribution in [3.63, 3.8) is 0 Å². The fourth-order valence-electron chi connectivity index (χ4n) is 4.26. The maximum Gasteiger partial charge on any atom is 0.264 e. The molecular weight excluding hydrogens is 545 g/mol. The molecule has 0 aliphatic carbocycles. The molecule has 0 saturated carbocycles. The molecule has 3 aromatic carbocycles. The lowest BCUT2D eigenvalue weighted by Crippen LogP contribution is -2.52. The Balaban J connectivity index is 2.06. The first kappa shape index (κ1) is 31.6. The minimum Gasteiger partial charge on any atom is -0.497 e. The molecule has 0 aliphatic heterocycles. The number of amides is 2. The van der Waals surface area contributed by atoms with Crippen LogP contribution in [-0.4, -0.2) is 51.4 Å². The van der Waals surface area contributed by atoms with E-state index in [-0.39, 0.29) is 29.0 Å². The Labute approximate surface area is 242 Å². The van der Waals surface area contributed by atoms with Gasteiger partial charge in [-0.15, -0.1) is 0 Å². The van der Waals surface area contributed by atoms with Gasteiger partial charge in [-0.25, -0.2) is 12.8 Å². The van der Waals surface area contributed by atoms with Crippen LogP contribution in [0, 0.1) is 18.7 Å². The van der Waals surface area contributed by atoms with Crippen LogP contribution in [0.4, 0.5) is 10.1 Å². The summed E-state index contributed by atoms with van der Waals surface area (Å²) in [6.07, 6.45) is 0.292. The SMILES string of the molecule is CCC(C(=O)NCC(C)C)N(Cc1ccc(F)cc1)C(=O)CN(c1cccc(OC)c1)S(=O)(=O)c1ccc(C)cc1. The number of hydrogen-bond donors (Lipinski definition) is 1. The Kier molecular flexibility index (Phi) is 10.9. The molecule has 0 spiro atoms. The lowest BCUT2D eigenvalue weighted by Gasteiger charge is -2.33. The van der Waals surface area contributed by atoms with Crippen molar-refractivity contribution in [2.75, 3.05) is 24.5 Å². The monoisotopic (exact) mass is 583 g/mol. The summed E-state index contributed by atoms with van der Waals surface area (Å²) in [6, 6.07) is 17.6. The van der Waals surface area contributed by atoms with Crippen LogP contribution < -0.4 is 14.4 Å². The van der Waals surface area contributed by atoms with Gasteiger partial charge in [0.05, 0.1) is 17.7 Å². The van der Waals surface area contributed by atoms with Gasteiger partial charge < -0.3 is 15.0 Å². The molecule has 0 radical (unpaired) electrons. The van der Waals surface area contributed by atoms with Gasteiger partial charge in [-0.2, -0.15) is 0 Å². The average Bonchev–Trinajstić information content (AvgIpc) is 2.95. The van der Waals surface area contributed by atoms with Gasteiger partial charge in [-0.1, -0.05) is 56.7 Å². The number of rotatable bonds is 13. The second-order valence-corrected chi connectivity index (χ2v) is 12.1. The second-order valence-electron chi connectivity index (χ2n) is 10.2. The summed E-state index contributed by atoms with van der Waals surface area (Å²) in [5.74, 6) is -0.741. The van der Waals surface area contributed by atoms with Crippen LogP contribution in [0.15, 0.2) is 77.7 Å². The van der Waals surface area contributed by atoms with E-state index in [1.807, 2.05) is 20.8 Å². The summed E-state index contributed by atoms with van der Waals surface area (Å²) in [4.78, 5) is 28.7. The highest BCUT2D eigenvalue weighted by Gasteiger charge is 2.33. The number of nitrogens with zero attached hydrogens (tertiary/aromatic N) is 2. The smallest absolute Gasteiger partial charge is 0.264 e. The van der Waals surface area contributed by atoms with Gasteiger partial charge in [0, 0.05) is 19.2 Å². The van der Waals surface area contributed by atoms with Crippen molar-refractivity contribution in [1.82, 2.24) is 10.2 Å². The van der Waals surface area contributed by atoms with Gasteiger partial charge in [-0.05, 0) is 61.2 Å². The molecule has 3 aromatic rings. The molecule has 3 rings (SSSR count). The predicted molar refractivity (Wildman–Crippen MR) is 158 cm³/mol. The third-order valence-corrected chi connectivity index (χ3v) is 8.35. The van der Waals surface area contributed by atoms with Gasteiger partial charge in [0.1, 0.15) is 24.2 Å². The molecular formula is C31H38FN3O5S. The topological polar surface area (TPSA) is 96.0 Å². The standard InChI is InChI=1S/C31H38FN3O5S/c1-6-29(31(37)33-19-22(2)3)34(20-24-12-14-25(32)15-13-24)30(36)21-35(26-8-7-9-27(18-26)40-5)41(38,39)28-16-10-23(4)11-17-28/h7-18,22,29H,6,19-21H2,1-5H3,(H,33,37). The van der Waals surface area contributed by atoms with Gasteiger partial charge in [0.25, 0.3) is 10.0 Å². The Hall–Kier alpha value is -3.92. The van der Waals surface area contributed by atoms with Gasteiger partial charge in [0.2, 0.25) is 11.8 Å². The summed E-state index contributed by atoms with van der Waals surface area (Å²) >= 11 is 0. The van der Waals surface area contributed by atoms with Gasteiger partial charge in [-0.3, -0.25) is 13.9 Å². The number of methoxy groups -OCH3 is 1. The number of hydrogen-bond acceptors (Lipinski definition) is 5. The summed E-state index contributed by atoms with van der Waals surface area (Å²) in [5, 5.41) is 2.88. The maximum atomic E-state index is 14.1. The minimum absolute atomic E-state index is 0.0107. The summed E-state index contributed by atoms with van der Waals surface area (Å²) in [6.45, 7) is 7.40. The average molecular weight is 584 g/mol. The molecule has 41 heavy (non-hydrogen) atoms. The highest BCUT2D eigenvalue weighted by Crippen LogP contribution is 2.28. The van der Waals surface area contributed by atoms with Crippen LogP contribution in [0.25, 0.3) is 0 Å². The van der Waals surface area contributed by atoms with Crippen LogP contribution in [-0.2, 0) is 26.2 Å². The van der Waals surface area contributed by atoms with Gasteiger partial charge in [0.15, 0.2) is 0 Å². The predicted octanol–water partition coefficient (Wildman–Crippen LogP) is 4.92. The molecule has 1 N–H and O–H groups in total. The van der Waals surface area contributed by atoms with Crippen molar-refractivity contribution in [1.29, 1.82) is 0 Å². The molecule has 0 heterocycles. The van der Waals surface area contributed by atoms with Crippen molar-refractivity contribution in [3.05, 3.63) is 89.7 Å². The number of sulfonamides is 1. The molecule has 1 unspecified atom stereocenters. The number of carbonyl (C=O) groups is 2. The molecule has 0 saturated heterocycles. The molecule has 10 heteroatoms. The van der Waals surface area contributed by atoms with E-state index in [0.717, 1.165) is 9.87 Å². The highest BCUT2D eigenvalue weighted by atomic mass is 32.2. The van der Waals surface area contributed by atoms with Crippen LogP contribution >= 0.6 is 0 Å². The van der Waals surface area contributed by atoms with E-state index in [2.05, 4.69) is 5.32 Å². The Morgan fingerprint density at radius 1 is 1.00 bits per heavy atom. The molecule has 0 aromatic heterocycles. The van der Waals surface area contributed by atoms with Crippen molar-refractivity contribution >= 4 is 27.5 Å². The number of anilines is 1. The molecule has 1 atom stereocenters. The lowest BCUT2D eigenvalue weighted by molar-refractivity contribution is -0.140. The van der Waals surface area contributed by atoms with E-state index in [4.69, 9.17) is 4.74 Å². The van der Waals surface area contributed by atoms with Crippen molar-refractivity contribution in [2.24, 2.45) is 5.92 Å². The number of benzene rings is 3. The maximum absolute atomic E-state index is 14.1. The second kappa shape index (κ2) is 14.1. The van der Waals surface area contributed by atoms with Crippen LogP contribution in [0.2, 0.25) is 0 Å². The third kappa shape index (κ3) is 8.29. The van der Waals surface area contributed by atoms with Crippen LogP contribution in [0.1, 0.15) is 38.3 Å². The zero-order chi connectivity index (χ0) is 30.2. The zero-order valence-electron chi connectivity index (χ0n) is 24.1. The van der Waals surface area contributed by atoms with Gasteiger partial charge >= 0.3 is 0 Å². The van der Waals surface area contributed by atoms with Crippen molar-refractivity contribution in [2.45, 2.75) is 51.6 Å². The normalized spacial score (nSPS) is 12.1. The number of carbonyl (C=O) groups excluding carboxylic acids is 2. The Morgan fingerprint density at radius 3 is 2.24 bits per heavy atom. The molecule has 220 valence electrons. The Morgan fingerprint density at radius 2 is 1.66 bits per heavy atom. The minimum atomic E-state index is -4.20. The largest absolute Gasteiger partial charge is 0.497 e. The van der Waals surface area contributed by atoms with Crippen molar-refractivity contribution in [3.8, 4) is 5.75 Å². The van der Waals surface area contributed by atoms with Crippen LogP contribution in [0.3, 0.4) is 0 Å². The summed E-state index contributed by atoms with van der Waals surface area (Å²) in [5.41, 5.74) is 1.72. The van der Waals surface area contributed by atoms with Crippen LogP contribution in [0.5, 0.6) is 5.75 Å². The number of aryl methyl sites for hydroxylation is 1. The third-order valence-electron chi connectivity index (χ3n) is 6.57. The first-order valence-electron chi connectivity index (χ1n) is 13.5. The summed E-state index contributed by atoms with van der Waals surface area (Å²) in [7, 11) is -2.73. The van der Waals surface area contributed by atoms with E-state index >= 15 is 0 Å². The fourth-order valence-corrected chi connectivity index (χ4v) is 5.67. The van der Waals surface area contributed by atoms with E-state index < -0.39 is 34.3 Å². The number of ether oxygens (including phenoxy) is 1. The first-order valence-corrected chi connectivity index (χ1v) is 14.9.